The van der Waals surface area contributed by atoms with Crippen molar-refractivity contribution in [1.29, 1.82) is 0 Å². The van der Waals surface area contributed by atoms with Crippen molar-refractivity contribution in [1.82, 2.24) is 0 Å². The highest BCUT2D eigenvalue weighted by Gasteiger charge is 2.14. The Hall–Kier alpha value is -2.40. The summed E-state index contributed by atoms with van der Waals surface area (Å²) in [6, 6.07) is 13.0. The molecule has 0 atom stereocenters. The SMILES string of the molecule is CCN(C(=O)Nc1cccc(CN)c1)c1cccc(F)c1. The number of carbonyl (C=O) groups is 1. The molecule has 0 spiro atoms. The van der Waals surface area contributed by atoms with Gasteiger partial charge in [0.25, 0.3) is 0 Å². The van der Waals surface area contributed by atoms with Crippen LogP contribution in [0, 0.1) is 5.82 Å². The smallest absolute Gasteiger partial charge is 0.326 e. The normalized spacial score (nSPS) is 10.2. The lowest BCUT2D eigenvalue weighted by molar-refractivity contribution is 0.257. The maximum absolute atomic E-state index is 13.3. The minimum absolute atomic E-state index is 0.308. The molecule has 2 amide bonds. The molecule has 110 valence electrons. The molecule has 0 aromatic heterocycles. The summed E-state index contributed by atoms with van der Waals surface area (Å²) in [6.07, 6.45) is 0. The fourth-order valence-corrected chi connectivity index (χ4v) is 2.05. The van der Waals surface area contributed by atoms with Gasteiger partial charge in [0.2, 0.25) is 0 Å². The van der Waals surface area contributed by atoms with Gasteiger partial charge in [-0.25, -0.2) is 9.18 Å². The van der Waals surface area contributed by atoms with Gasteiger partial charge in [-0.05, 0) is 42.8 Å². The Morgan fingerprint density at radius 1 is 1.24 bits per heavy atom. The van der Waals surface area contributed by atoms with E-state index in [1.54, 1.807) is 18.2 Å². The molecule has 0 radical (unpaired) electrons. The summed E-state index contributed by atoms with van der Waals surface area (Å²) >= 11 is 0. The van der Waals surface area contributed by atoms with Crippen molar-refractivity contribution in [2.24, 2.45) is 5.73 Å². The van der Waals surface area contributed by atoms with Gasteiger partial charge in [0.1, 0.15) is 5.82 Å². The average molecular weight is 287 g/mol. The third kappa shape index (κ3) is 3.79. The van der Waals surface area contributed by atoms with Gasteiger partial charge in [-0.3, -0.25) is 4.90 Å². The topological polar surface area (TPSA) is 58.4 Å². The van der Waals surface area contributed by atoms with Gasteiger partial charge in [-0.1, -0.05) is 18.2 Å². The van der Waals surface area contributed by atoms with Gasteiger partial charge in [0.05, 0.1) is 0 Å². The van der Waals surface area contributed by atoms with Crippen LogP contribution in [0.25, 0.3) is 0 Å². The van der Waals surface area contributed by atoms with E-state index in [-0.39, 0.29) is 11.8 Å². The lowest BCUT2D eigenvalue weighted by Crippen LogP contribution is -2.34. The van der Waals surface area contributed by atoms with E-state index >= 15 is 0 Å². The lowest BCUT2D eigenvalue weighted by Gasteiger charge is -2.21. The van der Waals surface area contributed by atoms with Crippen molar-refractivity contribution in [2.75, 3.05) is 16.8 Å². The number of anilines is 2. The van der Waals surface area contributed by atoms with E-state index in [1.807, 2.05) is 25.1 Å². The van der Waals surface area contributed by atoms with Crippen molar-refractivity contribution in [3.8, 4) is 0 Å². The van der Waals surface area contributed by atoms with E-state index < -0.39 is 0 Å². The number of carbonyl (C=O) groups excluding carboxylic acids is 1. The zero-order chi connectivity index (χ0) is 15.2. The summed E-state index contributed by atoms with van der Waals surface area (Å²) in [5.74, 6) is -0.371. The highest BCUT2D eigenvalue weighted by Crippen LogP contribution is 2.17. The molecular formula is C16H18FN3O. The van der Waals surface area contributed by atoms with Crippen molar-refractivity contribution in [3.05, 3.63) is 59.9 Å². The summed E-state index contributed by atoms with van der Waals surface area (Å²) in [7, 11) is 0. The van der Waals surface area contributed by atoms with Crippen LogP contribution in [0.5, 0.6) is 0 Å². The first kappa shape index (κ1) is 15.0. The second-order valence-corrected chi connectivity index (χ2v) is 4.56. The van der Waals surface area contributed by atoms with E-state index in [4.69, 9.17) is 5.73 Å². The van der Waals surface area contributed by atoms with Crippen LogP contribution >= 0.6 is 0 Å². The molecule has 2 rings (SSSR count). The minimum Gasteiger partial charge on any atom is -0.326 e. The molecule has 0 aliphatic carbocycles. The fourth-order valence-electron chi connectivity index (χ4n) is 2.05. The molecule has 0 saturated carbocycles. The number of hydrogen-bond acceptors (Lipinski definition) is 2. The van der Waals surface area contributed by atoms with Crippen LogP contribution in [-0.2, 0) is 6.54 Å². The first-order valence-electron chi connectivity index (χ1n) is 6.77. The van der Waals surface area contributed by atoms with Crippen LogP contribution in [-0.4, -0.2) is 12.6 Å². The van der Waals surface area contributed by atoms with Gasteiger partial charge >= 0.3 is 6.03 Å². The molecule has 5 heteroatoms. The molecule has 0 fully saturated rings. The van der Waals surface area contributed by atoms with E-state index in [9.17, 15) is 9.18 Å². The van der Waals surface area contributed by atoms with Gasteiger partial charge in [-0.15, -0.1) is 0 Å². The molecule has 0 heterocycles. The van der Waals surface area contributed by atoms with E-state index in [2.05, 4.69) is 5.32 Å². The zero-order valence-corrected chi connectivity index (χ0v) is 11.8. The Labute approximate surface area is 123 Å². The number of nitrogens with zero attached hydrogens (tertiary/aromatic N) is 1. The lowest BCUT2D eigenvalue weighted by atomic mass is 10.2. The van der Waals surface area contributed by atoms with Gasteiger partial charge in [0.15, 0.2) is 0 Å². The third-order valence-electron chi connectivity index (χ3n) is 3.10. The number of nitrogens with one attached hydrogen (secondary N) is 1. The number of rotatable bonds is 4. The fraction of sp³-hybridized carbons (Fsp3) is 0.188. The highest BCUT2D eigenvalue weighted by molar-refractivity contribution is 6.01. The van der Waals surface area contributed by atoms with Gasteiger partial charge in [0, 0.05) is 24.5 Å². The quantitative estimate of drug-likeness (QED) is 0.906. The molecule has 3 N–H and O–H groups in total. The van der Waals surface area contributed by atoms with Crippen LogP contribution in [0.1, 0.15) is 12.5 Å². The molecule has 2 aromatic rings. The standard InChI is InChI=1S/C16H18FN3O/c1-2-20(15-8-4-6-13(17)10-15)16(21)19-14-7-3-5-12(9-14)11-18/h3-10H,2,11,18H2,1H3,(H,19,21). The number of nitrogens with two attached hydrogens (primary N) is 1. The molecule has 0 aliphatic rings. The summed E-state index contributed by atoms with van der Waals surface area (Å²) in [4.78, 5) is 13.8. The summed E-state index contributed by atoms with van der Waals surface area (Å²) in [5, 5.41) is 2.79. The van der Waals surface area contributed by atoms with Crippen molar-refractivity contribution >= 4 is 17.4 Å². The van der Waals surface area contributed by atoms with Crippen molar-refractivity contribution in [3.63, 3.8) is 0 Å². The number of halogens is 1. The van der Waals surface area contributed by atoms with Crippen molar-refractivity contribution < 1.29 is 9.18 Å². The molecule has 4 nitrogen and oxygen atoms in total. The number of hydrogen-bond donors (Lipinski definition) is 2. The van der Waals surface area contributed by atoms with E-state index in [0.717, 1.165) is 5.56 Å². The molecule has 2 aromatic carbocycles. The van der Waals surface area contributed by atoms with Crippen LogP contribution in [0.2, 0.25) is 0 Å². The minimum atomic E-state index is -0.371. The zero-order valence-electron chi connectivity index (χ0n) is 11.8. The van der Waals surface area contributed by atoms with E-state index in [0.29, 0.717) is 24.5 Å². The predicted octanol–water partition coefficient (Wildman–Crippen LogP) is 3.34. The van der Waals surface area contributed by atoms with Crippen LogP contribution < -0.4 is 16.0 Å². The second kappa shape index (κ2) is 6.85. The maximum Gasteiger partial charge on any atom is 0.326 e. The summed E-state index contributed by atoms with van der Waals surface area (Å²) in [6.45, 7) is 2.68. The maximum atomic E-state index is 13.3. The molecule has 0 bridgehead atoms. The van der Waals surface area contributed by atoms with Crippen molar-refractivity contribution in [2.45, 2.75) is 13.5 Å². The van der Waals surface area contributed by atoms with Crippen LogP contribution in [0.4, 0.5) is 20.6 Å². The summed E-state index contributed by atoms with van der Waals surface area (Å²) in [5.41, 5.74) is 7.69. The average Bonchev–Trinajstić information content (AvgIpc) is 2.48. The molecule has 0 aliphatic heterocycles. The van der Waals surface area contributed by atoms with Gasteiger partial charge in [-0.2, -0.15) is 0 Å². The third-order valence-corrected chi connectivity index (χ3v) is 3.10. The predicted molar refractivity (Wildman–Crippen MR) is 82.8 cm³/mol. The Kier molecular flexibility index (Phi) is 4.90. The van der Waals surface area contributed by atoms with Crippen LogP contribution in [0.15, 0.2) is 48.5 Å². The molecule has 21 heavy (non-hydrogen) atoms. The second-order valence-electron chi connectivity index (χ2n) is 4.56. The molecular weight excluding hydrogens is 269 g/mol. The Balaban J connectivity index is 2.16. The van der Waals surface area contributed by atoms with Gasteiger partial charge < -0.3 is 11.1 Å². The number of urea groups is 1. The Morgan fingerprint density at radius 2 is 2.00 bits per heavy atom. The molecule has 0 unspecified atom stereocenters. The first-order chi connectivity index (χ1) is 10.1. The Bertz CT molecular complexity index is 630. The number of amides is 2. The Morgan fingerprint density at radius 3 is 2.67 bits per heavy atom. The summed E-state index contributed by atoms with van der Waals surface area (Å²) < 4.78 is 13.3. The number of benzene rings is 2. The highest BCUT2D eigenvalue weighted by atomic mass is 19.1. The first-order valence-corrected chi connectivity index (χ1v) is 6.77. The monoisotopic (exact) mass is 287 g/mol. The largest absolute Gasteiger partial charge is 0.326 e. The van der Waals surface area contributed by atoms with Crippen LogP contribution in [0.3, 0.4) is 0 Å². The molecule has 0 saturated heterocycles. The van der Waals surface area contributed by atoms with E-state index in [1.165, 1.54) is 17.0 Å².